The van der Waals surface area contributed by atoms with Crippen molar-refractivity contribution in [2.45, 2.75) is 178 Å². The molecule has 4 fully saturated rings. The summed E-state index contributed by atoms with van der Waals surface area (Å²) >= 11 is 0. The molecule has 53 heavy (non-hydrogen) atoms. The highest BCUT2D eigenvalue weighted by Crippen LogP contribution is 2.45. The van der Waals surface area contributed by atoms with Gasteiger partial charge in [-0.1, -0.05) is 27.7 Å². The van der Waals surface area contributed by atoms with Gasteiger partial charge in [-0.2, -0.15) is 0 Å². The molecule has 0 radical (unpaired) electrons. The molecule has 0 aromatic heterocycles. The predicted octanol–water partition coefficient (Wildman–Crippen LogP) is 2.16. The fourth-order valence-corrected chi connectivity index (χ4v) is 9.83. The number of hydrogen-bond donors (Lipinski definition) is 4. The zero-order valence-corrected chi connectivity index (χ0v) is 34.7. The van der Waals surface area contributed by atoms with Crippen LogP contribution in [0.4, 0.5) is 0 Å². The number of methoxy groups -OCH3 is 1. The Labute approximate surface area is 317 Å². The van der Waals surface area contributed by atoms with E-state index in [4.69, 9.17) is 33.2 Å². The summed E-state index contributed by atoms with van der Waals surface area (Å²) in [6.45, 7) is 16.9. The molecule has 14 heteroatoms. The summed E-state index contributed by atoms with van der Waals surface area (Å²) in [6.07, 6.45) is -7.14. The molecule has 4 heterocycles. The number of rotatable bonds is 8. The molecule has 0 aliphatic carbocycles. The molecular formula is C39H72N2O12. The van der Waals surface area contributed by atoms with Crippen LogP contribution in [0, 0.1) is 23.7 Å². The van der Waals surface area contributed by atoms with Crippen LogP contribution in [0.3, 0.4) is 0 Å². The summed E-state index contributed by atoms with van der Waals surface area (Å²) in [5.41, 5.74) is -3.63. The van der Waals surface area contributed by atoms with Gasteiger partial charge in [-0.25, -0.2) is 0 Å². The number of cyclic esters (lactones) is 1. The molecule has 310 valence electrons. The maximum atomic E-state index is 14.3. The second-order valence-corrected chi connectivity index (χ2v) is 17.7. The Morgan fingerprint density at radius 1 is 0.887 bits per heavy atom. The molecule has 4 saturated heterocycles. The maximum absolute atomic E-state index is 14.3. The average Bonchev–Trinajstić information content (AvgIpc) is 3.88. The normalized spacial score (nSPS) is 50.6. The maximum Gasteiger partial charge on any atom is 0.311 e. The summed E-state index contributed by atoms with van der Waals surface area (Å²) in [7, 11) is 9.23. The third kappa shape index (κ3) is 9.26. The van der Waals surface area contributed by atoms with E-state index in [9.17, 15) is 25.2 Å². The van der Waals surface area contributed by atoms with Crippen LogP contribution in [0.1, 0.15) is 88.0 Å². The van der Waals surface area contributed by atoms with E-state index in [-0.39, 0.29) is 49.5 Å². The molecular weight excluding hydrogens is 688 g/mol. The Hall–Kier alpha value is -1.01. The highest BCUT2D eigenvalue weighted by atomic mass is 16.7. The van der Waals surface area contributed by atoms with E-state index in [1.165, 1.54) is 7.11 Å². The van der Waals surface area contributed by atoms with Crippen molar-refractivity contribution in [2.75, 3.05) is 41.9 Å². The molecule has 2 unspecified atom stereocenters. The molecule has 4 aliphatic heterocycles. The smallest absolute Gasteiger partial charge is 0.311 e. The number of aliphatic hydroxyl groups excluding tert-OH is 3. The van der Waals surface area contributed by atoms with Crippen molar-refractivity contribution in [1.82, 2.24) is 9.80 Å². The van der Waals surface area contributed by atoms with Crippen molar-refractivity contribution in [2.24, 2.45) is 23.7 Å². The number of likely N-dealkylation sites (N-methyl/N-ethyl adjacent to an activating group) is 1. The van der Waals surface area contributed by atoms with Crippen LogP contribution in [0.25, 0.3) is 0 Å². The van der Waals surface area contributed by atoms with Crippen molar-refractivity contribution >= 4 is 5.97 Å². The van der Waals surface area contributed by atoms with Gasteiger partial charge in [0.05, 0.1) is 54.2 Å². The van der Waals surface area contributed by atoms with Crippen molar-refractivity contribution < 1.29 is 58.4 Å². The number of carbonyl (C=O) groups is 1. The summed E-state index contributed by atoms with van der Waals surface area (Å²) in [6, 6.07) is -0.485. The Balaban J connectivity index is 1.84. The molecule has 4 aliphatic rings. The van der Waals surface area contributed by atoms with Crippen LogP contribution in [-0.2, 0) is 38.0 Å². The van der Waals surface area contributed by atoms with Crippen molar-refractivity contribution in [3.8, 4) is 0 Å². The van der Waals surface area contributed by atoms with Crippen LogP contribution in [0.15, 0.2) is 0 Å². The van der Waals surface area contributed by atoms with Gasteiger partial charge in [0, 0.05) is 37.5 Å². The first-order valence-corrected chi connectivity index (χ1v) is 19.7. The van der Waals surface area contributed by atoms with E-state index in [1.54, 1.807) is 27.7 Å². The summed E-state index contributed by atoms with van der Waals surface area (Å²) in [5.74, 6) is -2.71. The number of epoxide rings is 1. The van der Waals surface area contributed by atoms with Gasteiger partial charge in [0.1, 0.15) is 18.3 Å². The number of esters is 1. The SMILES string of the molecule is CCC1OC(=O)[C@H](C)C(O[C@H]2C[C@@](C)(OC)[C@@H](O)[C@H](C)O2)[C@H](C)[C@@H](O[C@@H]2O[C@H](C)C[C@H](N(C)C)[C@H]2O)[C@](C)(O)C[C@@H](C)[C@@H](N(C)C)[C@H](C)[C@@H](O)[C@@]12CO2. The first-order chi connectivity index (χ1) is 24.5. The molecule has 4 N–H and O–H groups in total. The number of carbonyl (C=O) groups excluding carboxylic acids is 1. The van der Waals surface area contributed by atoms with E-state index in [1.807, 2.05) is 60.8 Å². The van der Waals surface area contributed by atoms with Gasteiger partial charge in [0.15, 0.2) is 18.2 Å². The van der Waals surface area contributed by atoms with Crippen molar-refractivity contribution in [3.05, 3.63) is 0 Å². The van der Waals surface area contributed by atoms with E-state index in [0.717, 1.165) is 0 Å². The molecule has 14 nitrogen and oxygen atoms in total. The largest absolute Gasteiger partial charge is 0.459 e. The lowest BCUT2D eigenvalue weighted by molar-refractivity contribution is -0.318. The molecule has 0 bridgehead atoms. The molecule has 19 atom stereocenters. The van der Waals surface area contributed by atoms with Gasteiger partial charge >= 0.3 is 5.97 Å². The minimum Gasteiger partial charge on any atom is -0.459 e. The van der Waals surface area contributed by atoms with Crippen LogP contribution < -0.4 is 0 Å². The minimum absolute atomic E-state index is 0.161. The lowest BCUT2D eigenvalue weighted by Crippen LogP contribution is -2.61. The van der Waals surface area contributed by atoms with Crippen LogP contribution in [0.2, 0.25) is 0 Å². The Bertz CT molecular complexity index is 1200. The third-order valence-electron chi connectivity index (χ3n) is 12.9. The summed E-state index contributed by atoms with van der Waals surface area (Å²) < 4.78 is 44.0. The highest BCUT2D eigenvalue weighted by Gasteiger charge is 2.62. The molecule has 0 aromatic carbocycles. The van der Waals surface area contributed by atoms with Gasteiger partial charge < -0.3 is 63.4 Å². The lowest BCUT2D eigenvalue weighted by atomic mass is 9.72. The zero-order valence-electron chi connectivity index (χ0n) is 34.7. The fourth-order valence-electron chi connectivity index (χ4n) is 9.83. The first-order valence-electron chi connectivity index (χ1n) is 19.7. The molecule has 0 amide bonds. The van der Waals surface area contributed by atoms with Gasteiger partial charge in [-0.05, 0) is 88.0 Å². The van der Waals surface area contributed by atoms with Gasteiger partial charge in [-0.3, -0.25) is 4.79 Å². The third-order valence-corrected chi connectivity index (χ3v) is 12.9. The fraction of sp³-hybridized carbons (Fsp3) is 0.974. The van der Waals surface area contributed by atoms with Gasteiger partial charge in [0.25, 0.3) is 0 Å². The van der Waals surface area contributed by atoms with Crippen LogP contribution >= 0.6 is 0 Å². The molecule has 4 rings (SSSR count). The van der Waals surface area contributed by atoms with E-state index in [0.29, 0.717) is 12.8 Å². The number of hydrogen-bond acceptors (Lipinski definition) is 14. The molecule has 1 spiro atoms. The quantitative estimate of drug-likeness (QED) is 0.210. The highest BCUT2D eigenvalue weighted by molar-refractivity contribution is 5.73. The Kier molecular flexibility index (Phi) is 14.5. The Morgan fingerprint density at radius 2 is 1.51 bits per heavy atom. The number of aliphatic hydroxyl groups is 4. The predicted molar refractivity (Wildman–Crippen MR) is 197 cm³/mol. The van der Waals surface area contributed by atoms with Gasteiger partial charge in [-0.15, -0.1) is 0 Å². The van der Waals surface area contributed by atoms with Gasteiger partial charge in [0.2, 0.25) is 0 Å². The standard InChI is InChI=1S/C39H72N2O12/c1-15-27-39(19-48-39)32(43)22(4)29(41(12)13)20(2)17-37(8,46)34(53-36-30(42)26(40(10)11)16-21(3)49-36)23(5)31(24(6)35(45)51-27)52-28-18-38(9,47-14)33(44)25(7)50-28/h20-34,36,42-44,46H,15-19H2,1-14H3/t20-,21-,22+,23+,24-,25+,26+,27?,28+,29-,30-,31?,32-,33+,34-,36+,37-,38-,39-/m1/s1. The number of nitrogens with zero attached hydrogens (tertiary/aromatic N) is 2. The monoisotopic (exact) mass is 761 g/mol. The average molecular weight is 761 g/mol. The first kappa shape index (κ1) is 44.7. The second-order valence-electron chi connectivity index (χ2n) is 17.7. The van der Waals surface area contributed by atoms with Crippen LogP contribution in [-0.4, -0.2) is 168 Å². The van der Waals surface area contributed by atoms with Crippen molar-refractivity contribution in [3.63, 3.8) is 0 Å². The van der Waals surface area contributed by atoms with Crippen LogP contribution in [0.5, 0.6) is 0 Å². The van der Waals surface area contributed by atoms with Crippen molar-refractivity contribution in [1.29, 1.82) is 0 Å². The van der Waals surface area contributed by atoms with E-state index >= 15 is 0 Å². The minimum atomic E-state index is -1.57. The zero-order chi connectivity index (χ0) is 40.0. The molecule has 0 aromatic rings. The van der Waals surface area contributed by atoms with E-state index in [2.05, 4.69) is 11.8 Å². The van der Waals surface area contributed by atoms with E-state index < -0.39 is 89.9 Å². The molecule has 0 saturated carbocycles. The summed E-state index contributed by atoms with van der Waals surface area (Å²) in [5, 5.41) is 47.2. The Morgan fingerprint density at radius 3 is 2.04 bits per heavy atom. The summed E-state index contributed by atoms with van der Waals surface area (Å²) in [4.78, 5) is 18.3. The number of ether oxygens (including phenoxy) is 7. The topological polar surface area (TPSA) is 172 Å². The second kappa shape index (κ2) is 17.2. The lowest BCUT2D eigenvalue weighted by Gasteiger charge is -2.49.